The monoisotopic (exact) mass is 487 g/mol. The van der Waals surface area contributed by atoms with E-state index >= 15 is 0 Å². The fourth-order valence-electron chi connectivity index (χ4n) is 3.10. The van der Waals surface area contributed by atoms with Gasteiger partial charge in [0, 0.05) is 10.6 Å². The van der Waals surface area contributed by atoms with E-state index in [9.17, 15) is 22.8 Å². The quantitative estimate of drug-likeness (QED) is 0.273. The van der Waals surface area contributed by atoms with Gasteiger partial charge in [0.05, 0.1) is 22.3 Å². The highest BCUT2D eigenvalue weighted by Crippen LogP contribution is 2.27. The largest absolute Gasteiger partial charge is 0.325 e. The molecule has 0 saturated carbocycles. The lowest BCUT2D eigenvalue weighted by Gasteiger charge is -2.14. The second-order valence-corrected chi connectivity index (χ2v) is 8.75. The van der Waals surface area contributed by atoms with Crippen LogP contribution in [-0.4, -0.2) is 27.0 Å². The van der Waals surface area contributed by atoms with Crippen LogP contribution in [0.25, 0.3) is 16.6 Å². The van der Waals surface area contributed by atoms with E-state index in [1.165, 1.54) is 42.5 Å². The van der Waals surface area contributed by atoms with Crippen molar-refractivity contribution < 1.29 is 18.0 Å². The van der Waals surface area contributed by atoms with Gasteiger partial charge in [0.25, 0.3) is 11.3 Å². The summed E-state index contributed by atoms with van der Waals surface area (Å²) in [5.74, 6) is -3.61. The fourth-order valence-corrected chi connectivity index (χ4v) is 4.41. The highest BCUT2D eigenvalue weighted by molar-refractivity contribution is 8.00. The molecule has 0 bridgehead atoms. The lowest BCUT2D eigenvalue weighted by molar-refractivity contribution is -0.113. The molecule has 33 heavy (non-hydrogen) atoms. The van der Waals surface area contributed by atoms with Crippen LogP contribution >= 0.6 is 23.5 Å². The molecule has 0 aliphatic rings. The number of halogens is 3. The average molecular weight is 488 g/mol. The molecule has 0 atom stereocenters. The van der Waals surface area contributed by atoms with Gasteiger partial charge in [-0.15, -0.1) is 0 Å². The molecule has 1 N–H and O–H groups in total. The van der Waals surface area contributed by atoms with E-state index in [-0.39, 0.29) is 16.6 Å². The van der Waals surface area contributed by atoms with Crippen LogP contribution in [0.1, 0.15) is 0 Å². The number of carbonyl (C=O) groups excluding carboxylic acids is 1. The Bertz CT molecular complexity index is 1360. The van der Waals surface area contributed by atoms with Crippen molar-refractivity contribution in [2.45, 2.75) is 15.8 Å². The minimum absolute atomic E-state index is 0.0378. The first-order valence-electron chi connectivity index (χ1n) is 9.66. The van der Waals surface area contributed by atoms with E-state index in [4.69, 9.17) is 0 Å². The van der Waals surface area contributed by atoms with E-state index in [1.54, 1.807) is 30.3 Å². The van der Waals surface area contributed by atoms with Crippen molar-refractivity contribution in [1.29, 1.82) is 0 Å². The zero-order valence-corrected chi connectivity index (χ0v) is 18.5. The number of para-hydroxylation sites is 2. The van der Waals surface area contributed by atoms with Crippen LogP contribution in [0.15, 0.2) is 87.6 Å². The number of anilines is 1. The number of hydrogen-bond donors (Lipinski definition) is 1. The molecule has 0 spiro atoms. The van der Waals surface area contributed by atoms with Crippen LogP contribution in [0.5, 0.6) is 0 Å². The summed E-state index contributed by atoms with van der Waals surface area (Å²) in [6.07, 6.45) is 0. The van der Waals surface area contributed by atoms with Crippen LogP contribution in [0.3, 0.4) is 0 Å². The van der Waals surface area contributed by atoms with Crippen LogP contribution in [-0.2, 0) is 4.79 Å². The molecular formula is C23H16F3N3O2S2. The van der Waals surface area contributed by atoms with E-state index in [1.807, 2.05) is 0 Å². The van der Waals surface area contributed by atoms with Crippen LogP contribution in [0, 0.1) is 5.82 Å². The van der Waals surface area contributed by atoms with Crippen molar-refractivity contribution in [2.24, 2.45) is 0 Å². The summed E-state index contributed by atoms with van der Waals surface area (Å²) in [5.41, 5.74) is 0.471. The van der Waals surface area contributed by atoms with Crippen molar-refractivity contribution >= 4 is 46.0 Å². The lowest BCUT2D eigenvalue weighted by atomic mass is 10.2. The van der Waals surface area contributed by atoms with Crippen LogP contribution < -0.4 is 10.9 Å². The Hall–Kier alpha value is -3.24. The Morgan fingerprint density at radius 3 is 2.42 bits per heavy atom. The lowest BCUT2D eigenvalue weighted by Crippen LogP contribution is -2.23. The highest BCUT2D eigenvalue weighted by atomic mass is 32.2. The number of amides is 1. The van der Waals surface area contributed by atoms with Crippen LogP contribution in [0.4, 0.5) is 18.9 Å². The number of carbonyl (C=O) groups is 1. The molecule has 5 nitrogen and oxygen atoms in total. The van der Waals surface area contributed by atoms with Crippen molar-refractivity contribution in [3.63, 3.8) is 0 Å². The first-order valence-corrected chi connectivity index (χ1v) is 11.5. The summed E-state index contributed by atoms with van der Waals surface area (Å²) in [6.45, 7) is 0. The Balaban J connectivity index is 1.58. The number of fused-ring (bicyclic) bond motifs is 1. The summed E-state index contributed by atoms with van der Waals surface area (Å²) in [4.78, 5) is 30.5. The van der Waals surface area contributed by atoms with E-state index in [0.717, 1.165) is 16.3 Å². The standard InChI is InChI=1S/C23H16F3N3O2S2/c24-17-6-2-4-8-19(17)29-21(31)16-5-1-3-7-18(16)28-23(29)32-13-20(30)27-14-9-11-15(12-10-14)33-22(25)26/h1-12,22H,13H2,(H,27,30). The molecule has 10 heteroatoms. The molecule has 0 aliphatic heterocycles. The van der Waals surface area contributed by atoms with Crippen molar-refractivity contribution in [2.75, 3.05) is 11.1 Å². The second kappa shape index (κ2) is 10.1. The molecule has 1 amide bonds. The SMILES string of the molecule is O=C(CSc1nc2ccccc2c(=O)n1-c1ccccc1F)Nc1ccc(SC(F)F)cc1. The zero-order chi connectivity index (χ0) is 23.4. The minimum Gasteiger partial charge on any atom is -0.325 e. The molecule has 4 rings (SSSR count). The molecule has 1 heterocycles. The van der Waals surface area contributed by atoms with Gasteiger partial charge in [0.1, 0.15) is 5.82 Å². The molecular weight excluding hydrogens is 471 g/mol. The Labute approximate surface area is 195 Å². The molecule has 0 aliphatic carbocycles. The number of nitrogens with one attached hydrogen (secondary N) is 1. The van der Waals surface area contributed by atoms with Gasteiger partial charge in [-0.25, -0.2) is 9.37 Å². The maximum atomic E-state index is 14.5. The Morgan fingerprint density at radius 1 is 1.00 bits per heavy atom. The molecule has 1 aromatic heterocycles. The third-order valence-corrected chi connectivity index (χ3v) is 6.19. The molecule has 4 aromatic rings. The summed E-state index contributed by atoms with van der Waals surface area (Å²) in [5, 5.41) is 3.17. The normalized spacial score (nSPS) is 11.2. The molecule has 0 radical (unpaired) electrons. The summed E-state index contributed by atoms with van der Waals surface area (Å²) in [6, 6.07) is 18.6. The van der Waals surface area contributed by atoms with E-state index in [0.29, 0.717) is 33.2 Å². The number of benzene rings is 3. The van der Waals surface area contributed by atoms with E-state index < -0.39 is 23.0 Å². The van der Waals surface area contributed by atoms with Gasteiger partial charge in [0.15, 0.2) is 5.16 Å². The topological polar surface area (TPSA) is 64.0 Å². The predicted molar refractivity (Wildman–Crippen MR) is 125 cm³/mol. The molecule has 3 aromatic carbocycles. The van der Waals surface area contributed by atoms with Gasteiger partial charge in [-0.1, -0.05) is 47.8 Å². The van der Waals surface area contributed by atoms with E-state index in [2.05, 4.69) is 10.3 Å². The van der Waals surface area contributed by atoms with Crippen molar-refractivity contribution in [1.82, 2.24) is 9.55 Å². The predicted octanol–water partition coefficient (Wildman–Crippen LogP) is 5.57. The summed E-state index contributed by atoms with van der Waals surface area (Å²) >= 11 is 1.40. The van der Waals surface area contributed by atoms with Crippen LogP contribution in [0.2, 0.25) is 0 Å². The number of alkyl halides is 2. The number of thioether (sulfide) groups is 2. The molecule has 0 unspecified atom stereocenters. The van der Waals surface area contributed by atoms with Gasteiger partial charge in [0.2, 0.25) is 5.91 Å². The van der Waals surface area contributed by atoms with Gasteiger partial charge in [-0.05, 0) is 48.5 Å². The molecule has 0 saturated heterocycles. The Morgan fingerprint density at radius 2 is 1.70 bits per heavy atom. The van der Waals surface area contributed by atoms with Gasteiger partial charge in [-0.2, -0.15) is 8.78 Å². The van der Waals surface area contributed by atoms with Crippen molar-refractivity contribution in [3.8, 4) is 5.69 Å². The highest BCUT2D eigenvalue weighted by Gasteiger charge is 2.17. The first kappa shape index (κ1) is 22.9. The number of aromatic nitrogens is 2. The third-order valence-electron chi connectivity index (χ3n) is 4.53. The fraction of sp³-hybridized carbons (Fsp3) is 0.0870. The smallest absolute Gasteiger partial charge is 0.288 e. The molecule has 168 valence electrons. The maximum absolute atomic E-state index is 14.5. The third kappa shape index (κ3) is 5.40. The second-order valence-electron chi connectivity index (χ2n) is 6.74. The Kier molecular flexibility index (Phi) is 7.05. The summed E-state index contributed by atoms with van der Waals surface area (Å²) < 4.78 is 40.5. The maximum Gasteiger partial charge on any atom is 0.288 e. The van der Waals surface area contributed by atoms with Gasteiger partial charge in [-0.3, -0.25) is 14.2 Å². The van der Waals surface area contributed by atoms with Crippen molar-refractivity contribution in [3.05, 3.63) is 89.0 Å². The average Bonchev–Trinajstić information content (AvgIpc) is 2.80. The first-order chi connectivity index (χ1) is 15.9. The summed E-state index contributed by atoms with van der Waals surface area (Å²) in [7, 11) is 0. The van der Waals surface area contributed by atoms with Gasteiger partial charge >= 0.3 is 0 Å². The molecule has 0 fully saturated rings. The number of nitrogens with zero attached hydrogens (tertiary/aromatic N) is 2. The number of rotatable bonds is 7. The minimum atomic E-state index is -2.52. The zero-order valence-electron chi connectivity index (χ0n) is 16.9. The number of hydrogen-bond acceptors (Lipinski definition) is 5. The van der Waals surface area contributed by atoms with Gasteiger partial charge < -0.3 is 5.32 Å².